The van der Waals surface area contributed by atoms with Gasteiger partial charge in [0.1, 0.15) is 0 Å². The third kappa shape index (κ3) is 7.24. The number of halogens is 1. The number of benzene rings is 1. The molecule has 0 radical (unpaired) electrons. The summed E-state index contributed by atoms with van der Waals surface area (Å²) in [5, 5.41) is 3.34. The van der Waals surface area contributed by atoms with Crippen LogP contribution < -0.4 is 5.32 Å². The van der Waals surface area contributed by atoms with Gasteiger partial charge in [-0.25, -0.2) is 8.42 Å². The summed E-state index contributed by atoms with van der Waals surface area (Å²) in [4.78, 5) is 11.9. The highest BCUT2D eigenvalue weighted by Gasteiger charge is 2.20. The predicted molar refractivity (Wildman–Crippen MR) is 89.2 cm³/mol. The number of amides is 1. The molecule has 0 fully saturated rings. The molecule has 0 bridgehead atoms. The highest BCUT2D eigenvalue weighted by atomic mass is 35.5. The van der Waals surface area contributed by atoms with Crippen LogP contribution in [0.5, 0.6) is 0 Å². The normalized spacial score (nSPS) is 11.6. The second kappa shape index (κ2) is 9.12. The van der Waals surface area contributed by atoms with Gasteiger partial charge in [-0.05, 0) is 24.1 Å². The molecule has 5 nitrogen and oxygen atoms in total. The van der Waals surface area contributed by atoms with E-state index >= 15 is 0 Å². The first-order chi connectivity index (χ1) is 10.3. The number of rotatable bonds is 9. The summed E-state index contributed by atoms with van der Waals surface area (Å²) in [5.41, 5.74) is 0.786. The molecule has 1 amide bonds. The molecule has 124 valence electrons. The lowest BCUT2D eigenvalue weighted by molar-refractivity contribution is -0.121. The molecule has 7 heteroatoms. The molecule has 1 N–H and O–H groups in total. The summed E-state index contributed by atoms with van der Waals surface area (Å²) in [6.07, 6.45) is 4.12. The highest BCUT2D eigenvalue weighted by Crippen LogP contribution is 2.13. The van der Waals surface area contributed by atoms with Crippen LogP contribution in [0.4, 0.5) is 0 Å². The van der Waals surface area contributed by atoms with Crippen molar-refractivity contribution in [2.75, 3.05) is 19.3 Å². The quantitative estimate of drug-likeness (QED) is 0.698. The van der Waals surface area contributed by atoms with E-state index in [0.29, 0.717) is 11.6 Å². The van der Waals surface area contributed by atoms with Crippen LogP contribution in [0.1, 0.15) is 31.7 Å². The van der Waals surface area contributed by atoms with Crippen LogP contribution in [0.15, 0.2) is 24.3 Å². The van der Waals surface area contributed by atoms with Crippen molar-refractivity contribution in [3.63, 3.8) is 0 Å². The Kier molecular flexibility index (Phi) is 7.85. The lowest BCUT2D eigenvalue weighted by atomic mass is 10.2. The Labute approximate surface area is 137 Å². The first-order valence-corrected chi connectivity index (χ1v) is 9.52. The number of hydrogen-bond acceptors (Lipinski definition) is 3. The van der Waals surface area contributed by atoms with Gasteiger partial charge in [-0.1, -0.05) is 43.5 Å². The fourth-order valence-electron chi connectivity index (χ4n) is 1.90. The van der Waals surface area contributed by atoms with Crippen LogP contribution in [0.25, 0.3) is 0 Å². The molecule has 1 rings (SSSR count). The van der Waals surface area contributed by atoms with Crippen molar-refractivity contribution in [2.45, 2.75) is 32.7 Å². The van der Waals surface area contributed by atoms with E-state index in [4.69, 9.17) is 11.6 Å². The third-order valence-electron chi connectivity index (χ3n) is 3.16. The Morgan fingerprint density at radius 3 is 2.41 bits per heavy atom. The summed E-state index contributed by atoms with van der Waals surface area (Å²) >= 11 is 5.81. The average Bonchev–Trinajstić information content (AvgIpc) is 2.44. The zero-order valence-electron chi connectivity index (χ0n) is 13.0. The Bertz CT molecular complexity index is 573. The summed E-state index contributed by atoms with van der Waals surface area (Å²) in [6.45, 7) is 2.64. The molecular weight excluding hydrogens is 324 g/mol. The minimum absolute atomic E-state index is 0.151. The minimum atomic E-state index is -3.46. The maximum Gasteiger partial charge on any atom is 0.235 e. The molecule has 0 aliphatic rings. The van der Waals surface area contributed by atoms with Gasteiger partial charge in [-0.15, -0.1) is 0 Å². The molecule has 0 unspecified atom stereocenters. The second-order valence-electron chi connectivity index (χ2n) is 5.21. The van der Waals surface area contributed by atoms with E-state index in [1.165, 1.54) is 0 Å². The number of unbranched alkanes of at least 4 members (excludes halogenated alkanes) is 2. The van der Waals surface area contributed by atoms with Gasteiger partial charge in [0.25, 0.3) is 0 Å². The number of nitrogens with one attached hydrogen (secondary N) is 1. The molecule has 0 spiro atoms. The zero-order valence-corrected chi connectivity index (χ0v) is 14.6. The Morgan fingerprint density at radius 1 is 1.23 bits per heavy atom. The molecule has 0 aliphatic carbocycles. The van der Waals surface area contributed by atoms with Crippen LogP contribution in [-0.4, -0.2) is 38.0 Å². The highest BCUT2D eigenvalue weighted by molar-refractivity contribution is 7.88. The molecule has 1 aromatic rings. The van der Waals surface area contributed by atoms with E-state index < -0.39 is 10.0 Å². The van der Waals surface area contributed by atoms with E-state index in [-0.39, 0.29) is 19.0 Å². The first-order valence-electron chi connectivity index (χ1n) is 7.29. The van der Waals surface area contributed by atoms with Gasteiger partial charge in [0.2, 0.25) is 15.9 Å². The van der Waals surface area contributed by atoms with Crippen molar-refractivity contribution >= 4 is 27.5 Å². The summed E-state index contributed by atoms with van der Waals surface area (Å²) in [5.74, 6) is -0.282. The SMILES string of the molecule is CCCCCNC(=O)CN(Cc1ccc(Cl)cc1)S(C)(=O)=O. The van der Waals surface area contributed by atoms with Crippen molar-refractivity contribution in [3.05, 3.63) is 34.9 Å². The van der Waals surface area contributed by atoms with Crippen LogP contribution >= 0.6 is 11.6 Å². The standard InChI is InChI=1S/C15H23ClN2O3S/c1-3-4-5-10-17-15(19)12-18(22(2,20)21)11-13-6-8-14(16)9-7-13/h6-9H,3-5,10-12H2,1-2H3,(H,17,19). The molecule has 0 heterocycles. The van der Waals surface area contributed by atoms with Gasteiger partial charge < -0.3 is 5.32 Å². The topological polar surface area (TPSA) is 66.5 Å². The van der Waals surface area contributed by atoms with Gasteiger partial charge in [-0.2, -0.15) is 4.31 Å². The minimum Gasteiger partial charge on any atom is -0.355 e. The van der Waals surface area contributed by atoms with Crippen molar-refractivity contribution < 1.29 is 13.2 Å². The van der Waals surface area contributed by atoms with Gasteiger partial charge in [0.05, 0.1) is 12.8 Å². The maximum absolute atomic E-state index is 11.9. The first kappa shape index (κ1) is 18.9. The lowest BCUT2D eigenvalue weighted by Gasteiger charge is -2.19. The Hall–Kier alpha value is -1.11. The zero-order chi connectivity index (χ0) is 16.6. The van der Waals surface area contributed by atoms with Gasteiger partial charge >= 0.3 is 0 Å². The average molecular weight is 347 g/mol. The van der Waals surface area contributed by atoms with Crippen molar-refractivity contribution in [3.8, 4) is 0 Å². The molecule has 0 atom stereocenters. The summed E-state index contributed by atoms with van der Waals surface area (Å²) in [7, 11) is -3.46. The largest absolute Gasteiger partial charge is 0.355 e. The van der Waals surface area contributed by atoms with Crippen molar-refractivity contribution in [1.82, 2.24) is 9.62 Å². The third-order valence-corrected chi connectivity index (χ3v) is 4.61. The van der Waals surface area contributed by atoms with E-state index in [1.54, 1.807) is 24.3 Å². The molecule has 0 aromatic heterocycles. The molecular formula is C15H23ClN2O3S. The summed E-state index contributed by atoms with van der Waals surface area (Å²) < 4.78 is 24.8. The van der Waals surface area contributed by atoms with Crippen LogP contribution in [0.3, 0.4) is 0 Å². The Balaban J connectivity index is 2.62. The van der Waals surface area contributed by atoms with Crippen LogP contribution in [0, 0.1) is 0 Å². The lowest BCUT2D eigenvalue weighted by Crippen LogP contribution is -2.40. The number of sulfonamides is 1. The van der Waals surface area contributed by atoms with Crippen molar-refractivity contribution in [1.29, 1.82) is 0 Å². The monoisotopic (exact) mass is 346 g/mol. The van der Waals surface area contributed by atoms with Gasteiger partial charge in [-0.3, -0.25) is 4.79 Å². The number of hydrogen-bond donors (Lipinski definition) is 1. The van der Waals surface area contributed by atoms with Crippen molar-refractivity contribution in [2.24, 2.45) is 0 Å². The molecule has 22 heavy (non-hydrogen) atoms. The Morgan fingerprint density at radius 2 is 1.86 bits per heavy atom. The number of carbonyl (C=O) groups is 1. The van der Waals surface area contributed by atoms with Gasteiger partial charge in [0, 0.05) is 18.1 Å². The fraction of sp³-hybridized carbons (Fsp3) is 0.533. The summed E-state index contributed by atoms with van der Waals surface area (Å²) in [6, 6.07) is 6.89. The van der Waals surface area contributed by atoms with Gasteiger partial charge in [0.15, 0.2) is 0 Å². The maximum atomic E-state index is 11.9. The van der Waals surface area contributed by atoms with Crippen LogP contribution in [-0.2, 0) is 21.4 Å². The van der Waals surface area contributed by atoms with E-state index in [2.05, 4.69) is 12.2 Å². The predicted octanol–water partition coefficient (Wildman–Crippen LogP) is 2.41. The second-order valence-corrected chi connectivity index (χ2v) is 7.63. The van der Waals surface area contributed by atoms with E-state index in [9.17, 15) is 13.2 Å². The number of nitrogens with zero attached hydrogens (tertiary/aromatic N) is 1. The smallest absolute Gasteiger partial charge is 0.235 e. The fourth-order valence-corrected chi connectivity index (χ4v) is 2.76. The molecule has 0 saturated carbocycles. The molecule has 0 saturated heterocycles. The molecule has 0 aliphatic heterocycles. The van der Waals surface area contributed by atoms with Crippen LogP contribution in [0.2, 0.25) is 5.02 Å². The van der Waals surface area contributed by atoms with E-state index in [1.807, 2.05) is 0 Å². The molecule has 1 aromatic carbocycles. The number of carbonyl (C=O) groups excluding carboxylic acids is 1. The van der Waals surface area contributed by atoms with E-state index in [0.717, 1.165) is 35.4 Å².